The molecule has 0 aliphatic carbocycles. The number of benzene rings is 3. The van der Waals surface area contributed by atoms with Crippen LogP contribution < -0.4 is 5.32 Å². The molecule has 1 atom stereocenters. The van der Waals surface area contributed by atoms with Crippen molar-refractivity contribution in [2.24, 2.45) is 0 Å². The minimum Gasteiger partial charge on any atom is -0.378 e. The lowest BCUT2D eigenvalue weighted by atomic mass is 10.0. The van der Waals surface area contributed by atoms with Crippen LogP contribution in [0.2, 0.25) is 5.02 Å². The van der Waals surface area contributed by atoms with Crippen molar-refractivity contribution in [3.05, 3.63) is 77.3 Å². The van der Waals surface area contributed by atoms with Gasteiger partial charge in [0.25, 0.3) is 0 Å². The van der Waals surface area contributed by atoms with E-state index in [2.05, 4.69) is 60.8 Å². The first-order valence-electron chi connectivity index (χ1n) is 7.27. The van der Waals surface area contributed by atoms with Gasteiger partial charge in [-0.05, 0) is 35.6 Å². The van der Waals surface area contributed by atoms with Gasteiger partial charge in [0, 0.05) is 16.1 Å². The van der Waals surface area contributed by atoms with Crippen molar-refractivity contribution in [2.75, 3.05) is 5.32 Å². The Labute approximate surface area is 130 Å². The molecule has 0 aliphatic heterocycles. The second-order valence-electron chi connectivity index (χ2n) is 5.19. The van der Waals surface area contributed by atoms with E-state index in [4.69, 9.17) is 11.6 Å². The summed E-state index contributed by atoms with van der Waals surface area (Å²) >= 11 is 6.12. The van der Waals surface area contributed by atoms with Gasteiger partial charge in [0.2, 0.25) is 0 Å². The van der Waals surface area contributed by atoms with Gasteiger partial charge < -0.3 is 5.32 Å². The number of nitrogens with one attached hydrogen (secondary N) is 1. The van der Waals surface area contributed by atoms with Crippen LogP contribution in [-0.4, -0.2) is 0 Å². The van der Waals surface area contributed by atoms with Crippen molar-refractivity contribution >= 4 is 28.1 Å². The van der Waals surface area contributed by atoms with Crippen LogP contribution in [0, 0.1) is 0 Å². The predicted molar refractivity (Wildman–Crippen MR) is 92.1 cm³/mol. The van der Waals surface area contributed by atoms with Crippen molar-refractivity contribution in [2.45, 2.75) is 19.4 Å². The summed E-state index contributed by atoms with van der Waals surface area (Å²) in [5.74, 6) is 0. The average molecular weight is 296 g/mol. The summed E-state index contributed by atoms with van der Waals surface area (Å²) in [5.41, 5.74) is 2.39. The van der Waals surface area contributed by atoms with Gasteiger partial charge in [-0.25, -0.2) is 0 Å². The van der Waals surface area contributed by atoms with Crippen LogP contribution in [0.25, 0.3) is 10.8 Å². The molecule has 3 aromatic rings. The van der Waals surface area contributed by atoms with Gasteiger partial charge in [-0.2, -0.15) is 0 Å². The molecule has 1 N–H and O–H groups in total. The Kier molecular flexibility index (Phi) is 4.12. The molecule has 0 saturated carbocycles. The molecule has 0 heterocycles. The van der Waals surface area contributed by atoms with Gasteiger partial charge >= 0.3 is 0 Å². The van der Waals surface area contributed by atoms with E-state index in [0.717, 1.165) is 11.4 Å². The molecular weight excluding hydrogens is 278 g/mol. The highest BCUT2D eigenvalue weighted by Gasteiger charge is 2.11. The van der Waals surface area contributed by atoms with Crippen LogP contribution in [0.3, 0.4) is 0 Å². The first-order valence-corrected chi connectivity index (χ1v) is 7.65. The van der Waals surface area contributed by atoms with E-state index in [1.165, 1.54) is 22.0 Å². The van der Waals surface area contributed by atoms with Crippen LogP contribution in [0.15, 0.2) is 66.7 Å². The summed E-state index contributed by atoms with van der Waals surface area (Å²) in [7, 11) is 0. The van der Waals surface area contributed by atoms with E-state index in [1.54, 1.807) is 0 Å². The predicted octanol–water partition coefficient (Wildman–Crippen LogP) is 6.06. The molecule has 1 unspecified atom stereocenters. The molecule has 0 saturated heterocycles. The molecule has 21 heavy (non-hydrogen) atoms. The van der Waals surface area contributed by atoms with E-state index in [0.29, 0.717) is 0 Å². The Hall–Kier alpha value is -1.99. The standard InChI is InChI=1S/C19H18ClN/c1-2-18(15-9-5-10-16(20)13-15)21-19-12-6-8-14-7-3-4-11-17(14)19/h3-13,18,21H,2H2,1H3. The van der Waals surface area contributed by atoms with Crippen LogP contribution in [0.4, 0.5) is 5.69 Å². The molecular formula is C19H18ClN. The van der Waals surface area contributed by atoms with E-state index in [-0.39, 0.29) is 6.04 Å². The van der Waals surface area contributed by atoms with Gasteiger partial charge in [0.1, 0.15) is 0 Å². The molecule has 0 bridgehead atoms. The van der Waals surface area contributed by atoms with Gasteiger partial charge in [-0.15, -0.1) is 0 Å². The van der Waals surface area contributed by atoms with E-state index < -0.39 is 0 Å². The smallest absolute Gasteiger partial charge is 0.0511 e. The third-order valence-electron chi connectivity index (χ3n) is 3.78. The fourth-order valence-electron chi connectivity index (χ4n) is 2.68. The third kappa shape index (κ3) is 3.03. The summed E-state index contributed by atoms with van der Waals surface area (Å²) < 4.78 is 0. The molecule has 3 aromatic carbocycles. The summed E-state index contributed by atoms with van der Waals surface area (Å²) in [4.78, 5) is 0. The average Bonchev–Trinajstić information content (AvgIpc) is 2.52. The first-order chi connectivity index (χ1) is 10.3. The lowest BCUT2D eigenvalue weighted by Gasteiger charge is -2.20. The van der Waals surface area contributed by atoms with E-state index in [9.17, 15) is 0 Å². The third-order valence-corrected chi connectivity index (χ3v) is 4.01. The zero-order valence-corrected chi connectivity index (χ0v) is 12.8. The van der Waals surface area contributed by atoms with Crippen molar-refractivity contribution in [1.29, 1.82) is 0 Å². The Bertz CT molecular complexity index is 746. The maximum Gasteiger partial charge on any atom is 0.0511 e. The molecule has 1 nitrogen and oxygen atoms in total. The number of rotatable bonds is 4. The number of hydrogen-bond acceptors (Lipinski definition) is 1. The van der Waals surface area contributed by atoms with Gasteiger partial charge in [0.15, 0.2) is 0 Å². The van der Waals surface area contributed by atoms with Crippen molar-refractivity contribution < 1.29 is 0 Å². The molecule has 0 radical (unpaired) electrons. The minimum absolute atomic E-state index is 0.259. The monoisotopic (exact) mass is 295 g/mol. The number of hydrogen-bond donors (Lipinski definition) is 1. The van der Waals surface area contributed by atoms with Crippen LogP contribution in [0.1, 0.15) is 24.9 Å². The fourth-order valence-corrected chi connectivity index (χ4v) is 2.88. The molecule has 106 valence electrons. The normalized spacial score (nSPS) is 12.3. The summed E-state index contributed by atoms with van der Waals surface area (Å²) in [6.07, 6.45) is 1.00. The maximum atomic E-state index is 6.12. The molecule has 3 rings (SSSR count). The van der Waals surface area contributed by atoms with Gasteiger partial charge in [-0.1, -0.05) is 67.1 Å². The lowest BCUT2D eigenvalue weighted by molar-refractivity contribution is 0.750. The quantitative estimate of drug-likeness (QED) is 0.617. The second-order valence-corrected chi connectivity index (χ2v) is 5.62. The van der Waals surface area contributed by atoms with Gasteiger partial charge in [-0.3, -0.25) is 0 Å². The van der Waals surface area contributed by atoms with E-state index >= 15 is 0 Å². The topological polar surface area (TPSA) is 12.0 Å². The van der Waals surface area contributed by atoms with Gasteiger partial charge in [0.05, 0.1) is 6.04 Å². The van der Waals surface area contributed by atoms with Crippen molar-refractivity contribution in [1.82, 2.24) is 0 Å². The minimum atomic E-state index is 0.259. The molecule has 0 spiro atoms. The van der Waals surface area contributed by atoms with Crippen molar-refractivity contribution in [3.63, 3.8) is 0 Å². The lowest BCUT2D eigenvalue weighted by Crippen LogP contribution is -2.09. The molecule has 0 aromatic heterocycles. The van der Waals surface area contributed by atoms with E-state index in [1.807, 2.05) is 18.2 Å². The zero-order valence-electron chi connectivity index (χ0n) is 12.0. The first kappa shape index (κ1) is 14.0. The Balaban J connectivity index is 1.96. The maximum absolute atomic E-state index is 6.12. The Morgan fingerprint density at radius 2 is 1.71 bits per heavy atom. The fraction of sp³-hybridized carbons (Fsp3) is 0.158. The highest BCUT2D eigenvalue weighted by Crippen LogP contribution is 2.29. The second kappa shape index (κ2) is 6.19. The Morgan fingerprint density at radius 1 is 0.952 bits per heavy atom. The summed E-state index contributed by atoms with van der Waals surface area (Å²) in [6, 6.07) is 23.1. The largest absolute Gasteiger partial charge is 0.378 e. The summed E-state index contributed by atoms with van der Waals surface area (Å²) in [6.45, 7) is 2.18. The Morgan fingerprint density at radius 3 is 2.52 bits per heavy atom. The molecule has 0 aliphatic rings. The molecule has 2 heteroatoms. The zero-order chi connectivity index (χ0) is 14.7. The van der Waals surface area contributed by atoms with Crippen LogP contribution in [0.5, 0.6) is 0 Å². The summed E-state index contributed by atoms with van der Waals surface area (Å²) in [5, 5.41) is 6.94. The number of halogens is 1. The number of anilines is 1. The van der Waals surface area contributed by atoms with Crippen LogP contribution in [-0.2, 0) is 0 Å². The highest BCUT2D eigenvalue weighted by atomic mass is 35.5. The highest BCUT2D eigenvalue weighted by molar-refractivity contribution is 6.30. The molecule has 0 fully saturated rings. The molecule has 0 amide bonds. The van der Waals surface area contributed by atoms with Crippen molar-refractivity contribution in [3.8, 4) is 0 Å². The van der Waals surface area contributed by atoms with Crippen LogP contribution >= 0.6 is 11.6 Å². The SMILES string of the molecule is CCC(Nc1cccc2ccccc12)c1cccc(Cl)c1. The number of fused-ring (bicyclic) bond motifs is 1.